The molecule has 3 aromatic rings. The first-order chi connectivity index (χ1) is 21.4. The molecule has 0 spiro atoms. The van der Waals surface area contributed by atoms with Gasteiger partial charge < -0.3 is 30.6 Å². The maximum absolute atomic E-state index is 12.2. The number of unbranched alkanes of at least 4 members (excludes halogenated alkanes) is 2. The molecule has 0 fully saturated rings. The third kappa shape index (κ3) is 11.3. The first-order valence-corrected chi connectivity index (χ1v) is 15.4. The Bertz CT molecular complexity index is 1430. The lowest BCUT2D eigenvalue weighted by molar-refractivity contribution is -0.676. The van der Waals surface area contributed by atoms with Gasteiger partial charge in [0.25, 0.3) is 0 Å². The molecule has 0 saturated heterocycles. The molecule has 0 unspecified atom stereocenters. The monoisotopic (exact) mass is 608 g/mol. The van der Waals surface area contributed by atoms with Crippen molar-refractivity contribution in [1.82, 2.24) is 10.6 Å². The van der Waals surface area contributed by atoms with Gasteiger partial charge in [0.15, 0.2) is 5.69 Å². The molecule has 0 aliphatic carbocycles. The molecular formula is C32H46N7O5+. The Labute approximate surface area is 258 Å². The SMILES string of the molecule is CCCNC(=O)CCOCCOCCOCCNC(=O)CCCCC[n+]1c(C)c2cc(N=[N+]=[N-])ccc2c2ccc(N)cc21. The highest BCUT2D eigenvalue weighted by atomic mass is 16.5. The third-order valence-corrected chi connectivity index (χ3v) is 7.20. The highest BCUT2D eigenvalue weighted by Gasteiger charge is 2.19. The summed E-state index contributed by atoms with van der Waals surface area (Å²) in [5.41, 5.74) is 18.4. The van der Waals surface area contributed by atoms with Crippen LogP contribution in [0.1, 0.15) is 51.1 Å². The molecule has 238 valence electrons. The van der Waals surface area contributed by atoms with Crippen molar-refractivity contribution in [3.63, 3.8) is 0 Å². The Balaban J connectivity index is 1.29. The molecule has 1 heterocycles. The number of nitrogens with two attached hydrogens (primary N) is 1. The third-order valence-electron chi connectivity index (χ3n) is 7.20. The summed E-state index contributed by atoms with van der Waals surface area (Å²) in [7, 11) is 0. The van der Waals surface area contributed by atoms with E-state index in [0.717, 1.165) is 59.6 Å². The number of aromatic nitrogens is 1. The number of nitrogens with zero attached hydrogens (tertiary/aromatic N) is 4. The van der Waals surface area contributed by atoms with E-state index in [9.17, 15) is 9.59 Å². The number of amides is 2. The van der Waals surface area contributed by atoms with Gasteiger partial charge in [-0.05, 0) is 43.0 Å². The molecule has 2 aromatic carbocycles. The van der Waals surface area contributed by atoms with E-state index in [0.29, 0.717) is 76.9 Å². The maximum atomic E-state index is 12.2. The second-order valence-electron chi connectivity index (χ2n) is 10.5. The largest absolute Gasteiger partial charge is 0.399 e. The van der Waals surface area contributed by atoms with Crippen LogP contribution < -0.4 is 20.9 Å². The topological polar surface area (TPSA) is 165 Å². The lowest BCUT2D eigenvalue weighted by Gasteiger charge is -2.11. The summed E-state index contributed by atoms with van der Waals surface area (Å²) in [4.78, 5) is 26.6. The maximum Gasteiger partial charge on any atom is 0.222 e. The predicted molar refractivity (Wildman–Crippen MR) is 171 cm³/mol. The minimum absolute atomic E-state index is 0.00400. The number of hydrogen-bond acceptors (Lipinski definition) is 7. The highest BCUT2D eigenvalue weighted by molar-refractivity contribution is 6.06. The fourth-order valence-corrected chi connectivity index (χ4v) is 4.94. The molecule has 3 rings (SSSR count). The number of rotatable bonds is 21. The molecule has 0 radical (unpaired) electrons. The first-order valence-electron chi connectivity index (χ1n) is 15.4. The molecule has 4 N–H and O–H groups in total. The van der Waals surface area contributed by atoms with Crippen LogP contribution in [0.3, 0.4) is 0 Å². The minimum atomic E-state index is 0.00400. The fourth-order valence-electron chi connectivity index (χ4n) is 4.94. The Kier molecular flexibility index (Phi) is 15.2. The summed E-state index contributed by atoms with van der Waals surface area (Å²) >= 11 is 0. The number of nitrogen functional groups attached to an aromatic ring is 1. The number of fused-ring (bicyclic) bond motifs is 3. The van der Waals surface area contributed by atoms with Crippen LogP contribution in [0.25, 0.3) is 32.1 Å². The van der Waals surface area contributed by atoms with Gasteiger partial charge >= 0.3 is 0 Å². The standard InChI is InChI=1S/C32H45N7O5/c1-3-13-35-32(41)12-16-42-18-20-44-21-19-43-17-14-36-31(40)7-5-4-6-15-39-24(2)29-23-26(37-38-34)9-11-27(29)28-10-8-25(33)22-30(28)39/h8-11,22-23,33H,3-7,12-21H2,1-2H3,(H2,35,36,40,41)/p+1. The smallest absolute Gasteiger partial charge is 0.222 e. The number of hydrogen-bond donors (Lipinski definition) is 3. The number of azide groups is 1. The summed E-state index contributed by atoms with van der Waals surface area (Å²) in [6.45, 7) is 8.58. The van der Waals surface area contributed by atoms with Crippen LogP contribution in [0.4, 0.5) is 11.4 Å². The number of carbonyl (C=O) groups is 2. The summed E-state index contributed by atoms with van der Waals surface area (Å²) in [5.74, 6) is 0.0213. The molecule has 1 aromatic heterocycles. The van der Waals surface area contributed by atoms with E-state index < -0.39 is 0 Å². The van der Waals surface area contributed by atoms with Crippen molar-refractivity contribution >= 4 is 44.9 Å². The van der Waals surface area contributed by atoms with E-state index in [1.165, 1.54) is 0 Å². The van der Waals surface area contributed by atoms with E-state index in [2.05, 4.69) is 32.2 Å². The Morgan fingerprint density at radius 1 is 0.841 bits per heavy atom. The van der Waals surface area contributed by atoms with Crippen LogP contribution in [0.5, 0.6) is 0 Å². The Hall–Kier alpha value is -3.96. The number of ether oxygens (including phenoxy) is 3. The zero-order chi connectivity index (χ0) is 31.6. The second kappa shape index (κ2) is 19.3. The highest BCUT2D eigenvalue weighted by Crippen LogP contribution is 2.30. The van der Waals surface area contributed by atoms with Crippen molar-refractivity contribution < 1.29 is 28.4 Å². The average molecular weight is 609 g/mol. The summed E-state index contributed by atoms with van der Waals surface area (Å²) in [6, 6.07) is 11.7. The predicted octanol–water partition coefficient (Wildman–Crippen LogP) is 4.76. The van der Waals surface area contributed by atoms with E-state index in [1.54, 1.807) is 0 Å². The van der Waals surface area contributed by atoms with Crippen molar-refractivity contribution in [1.29, 1.82) is 0 Å². The van der Waals surface area contributed by atoms with Gasteiger partial charge in [0, 0.05) is 72.4 Å². The fraction of sp³-hybridized carbons (Fsp3) is 0.531. The molecule has 44 heavy (non-hydrogen) atoms. The number of benzene rings is 2. The second-order valence-corrected chi connectivity index (χ2v) is 10.5. The number of aryl methyl sites for hydroxylation is 2. The van der Waals surface area contributed by atoms with E-state index >= 15 is 0 Å². The number of nitrogens with one attached hydrogen (secondary N) is 2. The molecule has 0 saturated carbocycles. The molecule has 2 amide bonds. The first kappa shape index (κ1) is 34.5. The Morgan fingerprint density at radius 2 is 1.52 bits per heavy atom. The lowest BCUT2D eigenvalue weighted by Crippen LogP contribution is -2.38. The van der Waals surface area contributed by atoms with Crippen LogP contribution in [-0.2, 0) is 30.3 Å². The molecule has 12 heteroatoms. The van der Waals surface area contributed by atoms with Gasteiger partial charge in [-0.15, -0.1) is 0 Å². The van der Waals surface area contributed by atoms with Crippen LogP contribution in [0, 0.1) is 6.92 Å². The van der Waals surface area contributed by atoms with Gasteiger partial charge in [-0.25, -0.2) is 0 Å². The van der Waals surface area contributed by atoms with Crippen molar-refractivity contribution in [3.05, 3.63) is 52.5 Å². The quantitative estimate of drug-likeness (QED) is 0.0300. The molecule has 0 aliphatic heterocycles. The van der Waals surface area contributed by atoms with Crippen LogP contribution in [0.15, 0.2) is 41.5 Å². The van der Waals surface area contributed by atoms with Gasteiger partial charge in [0.2, 0.25) is 17.3 Å². The zero-order valence-corrected chi connectivity index (χ0v) is 26.0. The molecular weight excluding hydrogens is 562 g/mol. The Morgan fingerprint density at radius 3 is 2.27 bits per heavy atom. The molecule has 0 bridgehead atoms. The number of carbonyl (C=O) groups excluding carboxylic acids is 2. The summed E-state index contributed by atoms with van der Waals surface area (Å²) in [5, 5.41) is 12.7. The van der Waals surface area contributed by atoms with Gasteiger partial charge in [0.1, 0.15) is 6.54 Å². The summed E-state index contributed by atoms with van der Waals surface area (Å²) < 4.78 is 18.6. The minimum Gasteiger partial charge on any atom is -0.399 e. The molecule has 0 aliphatic rings. The zero-order valence-electron chi connectivity index (χ0n) is 26.0. The number of anilines is 1. The van der Waals surface area contributed by atoms with E-state index in [1.807, 2.05) is 43.3 Å². The van der Waals surface area contributed by atoms with Gasteiger partial charge in [0.05, 0.1) is 45.0 Å². The van der Waals surface area contributed by atoms with Crippen molar-refractivity contribution in [2.24, 2.45) is 5.11 Å². The van der Waals surface area contributed by atoms with Gasteiger partial charge in [-0.3, -0.25) is 9.59 Å². The van der Waals surface area contributed by atoms with Gasteiger partial charge in [-0.2, -0.15) is 4.57 Å². The average Bonchev–Trinajstić information content (AvgIpc) is 3.02. The van der Waals surface area contributed by atoms with Crippen LogP contribution in [-0.4, -0.2) is 64.5 Å². The summed E-state index contributed by atoms with van der Waals surface area (Å²) in [6.07, 6.45) is 4.35. The normalized spacial score (nSPS) is 11.0. The van der Waals surface area contributed by atoms with Crippen LogP contribution in [0.2, 0.25) is 0 Å². The van der Waals surface area contributed by atoms with Crippen molar-refractivity contribution in [3.8, 4) is 0 Å². The number of pyridine rings is 1. The molecule has 0 atom stereocenters. The van der Waals surface area contributed by atoms with Crippen molar-refractivity contribution in [2.75, 3.05) is 58.5 Å². The van der Waals surface area contributed by atoms with Gasteiger partial charge in [-0.1, -0.05) is 24.2 Å². The lowest BCUT2D eigenvalue weighted by atomic mass is 10.0. The van der Waals surface area contributed by atoms with E-state index in [4.69, 9.17) is 25.5 Å². The molecule has 12 nitrogen and oxygen atoms in total. The van der Waals surface area contributed by atoms with Crippen LogP contribution >= 0.6 is 0 Å². The van der Waals surface area contributed by atoms with E-state index in [-0.39, 0.29) is 11.8 Å². The van der Waals surface area contributed by atoms with Crippen molar-refractivity contribution in [2.45, 2.75) is 58.9 Å².